The number of hydrogen-bond donors (Lipinski definition) is 1. The average Bonchev–Trinajstić information content (AvgIpc) is 3.54. The molecule has 1 aliphatic carbocycles. The molecule has 0 atom stereocenters. The van der Waals surface area contributed by atoms with Crippen LogP contribution in [0.1, 0.15) is 55.5 Å². The van der Waals surface area contributed by atoms with Crippen LogP contribution in [0.3, 0.4) is 0 Å². The van der Waals surface area contributed by atoms with Crippen molar-refractivity contribution in [2.24, 2.45) is 0 Å². The molecule has 0 radical (unpaired) electrons. The normalized spacial score (nSPS) is 14.3. The van der Waals surface area contributed by atoms with Gasteiger partial charge in [0.1, 0.15) is 6.54 Å². The van der Waals surface area contributed by atoms with Gasteiger partial charge in [0.25, 0.3) is 5.56 Å². The molecule has 0 bridgehead atoms. The molecule has 10 heteroatoms. The predicted octanol–water partition coefficient (Wildman–Crippen LogP) is 3.84. The lowest BCUT2D eigenvalue weighted by Gasteiger charge is -2.15. The van der Waals surface area contributed by atoms with Crippen molar-refractivity contribution in [2.75, 3.05) is 5.32 Å². The number of nitrogens with zero attached hydrogens (tertiary/aromatic N) is 4. The standard InChI is InChI=1S/C21H20F3N5O2/c1-11(2)19-15-9-13(21(22,23)24)5-6-14(15)20(31)29(28-19)10-18(30)25-17-8-7-16(26-27-17)12-3-4-12/h5-9,11-12H,3-4,10H2,1-2H3,(H,25,27,30). The smallest absolute Gasteiger partial charge is 0.308 e. The molecule has 0 unspecified atom stereocenters. The Bertz CT molecular complexity index is 1200. The highest BCUT2D eigenvalue weighted by atomic mass is 19.4. The SMILES string of the molecule is CC(C)c1nn(CC(=O)Nc2ccc(C3CC3)nn2)c(=O)c2ccc(C(F)(F)F)cc12. The number of carbonyl (C=O) groups excluding carboxylic acids is 1. The van der Waals surface area contributed by atoms with Gasteiger partial charge in [0, 0.05) is 11.3 Å². The van der Waals surface area contributed by atoms with Gasteiger partial charge in [-0.1, -0.05) is 13.8 Å². The van der Waals surface area contributed by atoms with E-state index in [1.807, 2.05) is 0 Å². The van der Waals surface area contributed by atoms with Crippen molar-refractivity contribution in [2.45, 2.75) is 51.2 Å². The number of aromatic nitrogens is 4. The summed E-state index contributed by atoms with van der Waals surface area (Å²) in [7, 11) is 0. The highest BCUT2D eigenvalue weighted by Crippen LogP contribution is 2.38. The van der Waals surface area contributed by atoms with Crippen molar-refractivity contribution in [3.05, 3.63) is 57.6 Å². The molecule has 0 saturated heterocycles. The third-order valence-electron chi connectivity index (χ3n) is 5.10. The van der Waals surface area contributed by atoms with Crippen LogP contribution < -0.4 is 10.9 Å². The lowest BCUT2D eigenvalue weighted by atomic mass is 10.0. The van der Waals surface area contributed by atoms with E-state index in [9.17, 15) is 22.8 Å². The Labute approximate surface area is 175 Å². The summed E-state index contributed by atoms with van der Waals surface area (Å²) in [6, 6.07) is 6.36. The van der Waals surface area contributed by atoms with E-state index < -0.39 is 29.8 Å². The lowest BCUT2D eigenvalue weighted by molar-refractivity contribution is -0.137. The van der Waals surface area contributed by atoms with Crippen LogP contribution in [0.25, 0.3) is 10.8 Å². The highest BCUT2D eigenvalue weighted by molar-refractivity contribution is 5.90. The van der Waals surface area contributed by atoms with E-state index in [0.717, 1.165) is 41.4 Å². The second kappa shape index (κ2) is 7.75. The molecule has 31 heavy (non-hydrogen) atoms. The number of alkyl halides is 3. The first-order valence-corrected chi connectivity index (χ1v) is 9.89. The zero-order valence-electron chi connectivity index (χ0n) is 16.9. The van der Waals surface area contributed by atoms with E-state index in [1.54, 1.807) is 26.0 Å². The summed E-state index contributed by atoms with van der Waals surface area (Å²) in [6.45, 7) is 3.11. The molecule has 7 nitrogen and oxygen atoms in total. The van der Waals surface area contributed by atoms with Crippen molar-refractivity contribution in [1.82, 2.24) is 20.0 Å². The van der Waals surface area contributed by atoms with Crippen LogP contribution in [0.2, 0.25) is 0 Å². The number of nitrogens with one attached hydrogen (secondary N) is 1. The molecule has 2 heterocycles. The Morgan fingerprint density at radius 2 is 1.90 bits per heavy atom. The molecule has 1 saturated carbocycles. The van der Waals surface area contributed by atoms with Crippen molar-refractivity contribution < 1.29 is 18.0 Å². The summed E-state index contributed by atoms with van der Waals surface area (Å²) in [5.41, 5.74) is -0.308. The van der Waals surface area contributed by atoms with E-state index in [0.29, 0.717) is 11.6 Å². The number of carbonyl (C=O) groups is 1. The molecule has 162 valence electrons. The van der Waals surface area contributed by atoms with Crippen LogP contribution in [0.4, 0.5) is 19.0 Å². The fourth-order valence-electron chi connectivity index (χ4n) is 3.35. The maximum atomic E-state index is 13.1. The van der Waals surface area contributed by atoms with Crippen LogP contribution in [0.15, 0.2) is 35.1 Å². The second-order valence-corrected chi connectivity index (χ2v) is 7.93. The van der Waals surface area contributed by atoms with Gasteiger partial charge in [0.15, 0.2) is 5.82 Å². The monoisotopic (exact) mass is 431 g/mol. The molecular formula is C21H20F3N5O2. The third kappa shape index (κ3) is 4.42. The molecule has 0 spiro atoms. The molecule has 1 aromatic carbocycles. The number of amides is 1. The minimum Gasteiger partial charge on any atom is -0.308 e. The van der Waals surface area contributed by atoms with Gasteiger partial charge < -0.3 is 5.32 Å². The third-order valence-corrected chi connectivity index (χ3v) is 5.10. The zero-order valence-corrected chi connectivity index (χ0v) is 16.9. The van der Waals surface area contributed by atoms with Crippen molar-refractivity contribution in [1.29, 1.82) is 0 Å². The Kier molecular flexibility index (Phi) is 5.24. The first kappa shape index (κ1) is 21.0. The van der Waals surface area contributed by atoms with Crippen molar-refractivity contribution in [3.8, 4) is 0 Å². The van der Waals surface area contributed by atoms with E-state index in [1.165, 1.54) is 0 Å². The Hall–Kier alpha value is -3.30. The number of anilines is 1. The largest absolute Gasteiger partial charge is 0.416 e. The van der Waals surface area contributed by atoms with Crippen LogP contribution in [0, 0.1) is 0 Å². The molecule has 1 aliphatic rings. The van der Waals surface area contributed by atoms with Crippen molar-refractivity contribution >= 4 is 22.5 Å². The van der Waals surface area contributed by atoms with Crippen molar-refractivity contribution in [3.63, 3.8) is 0 Å². The second-order valence-electron chi connectivity index (χ2n) is 7.93. The first-order valence-electron chi connectivity index (χ1n) is 9.89. The topological polar surface area (TPSA) is 89.8 Å². The van der Waals surface area contributed by atoms with Crippen LogP contribution >= 0.6 is 0 Å². The maximum absolute atomic E-state index is 13.1. The molecule has 1 N–H and O–H groups in total. The minimum absolute atomic E-state index is 0.0769. The Morgan fingerprint density at radius 3 is 2.48 bits per heavy atom. The molecule has 1 amide bonds. The lowest BCUT2D eigenvalue weighted by Crippen LogP contribution is -2.31. The number of halogens is 3. The van der Waals surface area contributed by atoms with Gasteiger partial charge in [-0.3, -0.25) is 9.59 Å². The molecule has 3 aromatic rings. The summed E-state index contributed by atoms with van der Waals surface area (Å²) in [4.78, 5) is 25.2. The van der Waals surface area contributed by atoms with Crippen LogP contribution in [-0.4, -0.2) is 25.9 Å². The number of rotatable bonds is 5. The Morgan fingerprint density at radius 1 is 1.16 bits per heavy atom. The maximum Gasteiger partial charge on any atom is 0.416 e. The molecule has 4 rings (SSSR count). The van der Waals surface area contributed by atoms with Gasteiger partial charge in [0.2, 0.25) is 5.91 Å². The first-order chi connectivity index (χ1) is 14.6. The van der Waals surface area contributed by atoms with Gasteiger partial charge in [-0.25, -0.2) is 4.68 Å². The minimum atomic E-state index is -4.53. The zero-order chi connectivity index (χ0) is 22.3. The number of hydrogen-bond acceptors (Lipinski definition) is 5. The highest BCUT2D eigenvalue weighted by Gasteiger charge is 2.31. The quantitative estimate of drug-likeness (QED) is 0.663. The van der Waals surface area contributed by atoms with E-state index >= 15 is 0 Å². The number of fused-ring (bicyclic) bond motifs is 1. The summed E-state index contributed by atoms with van der Waals surface area (Å²) in [6.07, 6.45) is -2.37. The molecule has 0 aliphatic heterocycles. The van der Waals surface area contributed by atoms with Gasteiger partial charge in [-0.05, 0) is 49.1 Å². The Balaban J connectivity index is 1.62. The summed E-state index contributed by atoms with van der Waals surface area (Å²) >= 11 is 0. The number of benzene rings is 1. The fourth-order valence-corrected chi connectivity index (χ4v) is 3.35. The van der Waals surface area contributed by atoms with Gasteiger partial charge >= 0.3 is 6.18 Å². The molecular weight excluding hydrogens is 411 g/mol. The molecule has 1 fully saturated rings. The van der Waals surface area contributed by atoms with Gasteiger partial charge in [-0.2, -0.15) is 23.4 Å². The van der Waals surface area contributed by atoms with E-state index in [4.69, 9.17) is 0 Å². The summed E-state index contributed by atoms with van der Waals surface area (Å²) in [5.74, 6) is -0.113. The van der Waals surface area contributed by atoms with Crippen LogP contribution in [0.5, 0.6) is 0 Å². The summed E-state index contributed by atoms with van der Waals surface area (Å²) in [5, 5.41) is 15.0. The molecule has 2 aromatic heterocycles. The predicted molar refractivity (Wildman–Crippen MR) is 108 cm³/mol. The average molecular weight is 431 g/mol. The van der Waals surface area contributed by atoms with Gasteiger partial charge in [0.05, 0.1) is 22.3 Å². The van der Waals surface area contributed by atoms with E-state index in [2.05, 4.69) is 20.6 Å². The summed E-state index contributed by atoms with van der Waals surface area (Å²) < 4.78 is 40.3. The van der Waals surface area contributed by atoms with Gasteiger partial charge in [-0.15, -0.1) is 5.10 Å². The fraction of sp³-hybridized carbons (Fsp3) is 0.381. The van der Waals surface area contributed by atoms with Crippen LogP contribution in [-0.2, 0) is 17.5 Å². The van der Waals surface area contributed by atoms with E-state index in [-0.39, 0.29) is 22.5 Å².